The summed E-state index contributed by atoms with van der Waals surface area (Å²) in [4.78, 5) is 19.3. The summed E-state index contributed by atoms with van der Waals surface area (Å²) in [6, 6.07) is 11.3. The van der Waals surface area contributed by atoms with Gasteiger partial charge in [-0.05, 0) is 54.1 Å². The number of fused-ring (bicyclic) bond motifs is 1. The predicted octanol–water partition coefficient (Wildman–Crippen LogP) is 3.51. The van der Waals surface area contributed by atoms with Gasteiger partial charge in [0, 0.05) is 68.2 Å². The van der Waals surface area contributed by atoms with E-state index in [2.05, 4.69) is 20.3 Å². The van der Waals surface area contributed by atoms with Gasteiger partial charge in [0.25, 0.3) is 5.91 Å². The van der Waals surface area contributed by atoms with Crippen LogP contribution in [0.25, 0.3) is 21.9 Å². The first kappa shape index (κ1) is 27.5. The Morgan fingerprint density at radius 2 is 1.76 bits per heavy atom. The number of anilines is 1. The monoisotopic (exact) mass is 578 g/mol. The quantitative estimate of drug-likeness (QED) is 0.373. The fourth-order valence-electron chi connectivity index (χ4n) is 5.52. The van der Waals surface area contributed by atoms with Gasteiger partial charge in [-0.25, -0.2) is 17.8 Å². The summed E-state index contributed by atoms with van der Waals surface area (Å²) in [5.41, 5.74) is 1.96. The zero-order valence-electron chi connectivity index (χ0n) is 22.7. The highest BCUT2D eigenvalue weighted by Crippen LogP contribution is 2.28. The number of nitrogens with zero attached hydrogens (tertiary/aromatic N) is 5. The fraction of sp³-hybridized carbons (Fsp3) is 0.345. The van der Waals surface area contributed by atoms with E-state index in [1.54, 1.807) is 23.1 Å². The molecule has 4 heterocycles. The van der Waals surface area contributed by atoms with E-state index in [0.29, 0.717) is 45.0 Å². The second kappa shape index (κ2) is 11.3. The van der Waals surface area contributed by atoms with Crippen LogP contribution in [0.3, 0.4) is 0 Å². The van der Waals surface area contributed by atoms with Gasteiger partial charge in [-0.1, -0.05) is 12.1 Å². The van der Waals surface area contributed by atoms with E-state index in [4.69, 9.17) is 4.74 Å². The molecule has 1 amide bonds. The van der Waals surface area contributed by atoms with Crippen molar-refractivity contribution >= 4 is 32.5 Å². The minimum Gasteiger partial charge on any atom is -0.379 e. The highest BCUT2D eigenvalue weighted by Gasteiger charge is 2.34. The van der Waals surface area contributed by atoms with Crippen LogP contribution in [0.2, 0.25) is 0 Å². The Labute approximate surface area is 237 Å². The summed E-state index contributed by atoms with van der Waals surface area (Å²) in [6.45, 7) is 3.62. The number of aryl methyl sites for hydroxylation is 1. The number of aromatic nitrogens is 3. The summed E-state index contributed by atoms with van der Waals surface area (Å²) in [6.07, 6.45) is 6.67. The zero-order chi connectivity index (χ0) is 28.6. The number of hydrogen-bond donors (Lipinski definition) is 1. The normalized spacial score (nSPS) is 17.6. The lowest BCUT2D eigenvalue weighted by Crippen LogP contribution is -2.50. The average Bonchev–Trinajstić information content (AvgIpc) is 3.43. The molecule has 41 heavy (non-hydrogen) atoms. The minimum atomic E-state index is -4.12. The van der Waals surface area contributed by atoms with Crippen molar-refractivity contribution in [3.8, 4) is 11.1 Å². The maximum Gasteiger partial charge on any atom is 0.256 e. The molecule has 2 aliphatic rings. The van der Waals surface area contributed by atoms with Gasteiger partial charge in [0.15, 0.2) is 0 Å². The Kier molecular flexibility index (Phi) is 7.56. The van der Waals surface area contributed by atoms with Crippen molar-refractivity contribution in [2.75, 3.05) is 44.7 Å². The van der Waals surface area contributed by atoms with Gasteiger partial charge >= 0.3 is 0 Å². The molecule has 2 aromatic carbocycles. The topological polar surface area (TPSA) is 110 Å². The lowest BCUT2D eigenvalue weighted by atomic mass is 10.0. The van der Waals surface area contributed by atoms with Crippen molar-refractivity contribution < 1.29 is 22.3 Å². The van der Waals surface area contributed by atoms with Crippen LogP contribution in [0, 0.1) is 5.82 Å². The molecule has 2 aromatic heterocycles. The number of carbonyl (C=O) groups excluding carboxylic acids is 1. The van der Waals surface area contributed by atoms with Gasteiger partial charge in [-0.15, -0.1) is 0 Å². The maximum atomic E-state index is 14.9. The Balaban J connectivity index is 1.18. The molecule has 2 aliphatic heterocycles. The van der Waals surface area contributed by atoms with Crippen LogP contribution in [-0.2, 0) is 21.8 Å². The maximum absolute atomic E-state index is 14.9. The lowest BCUT2D eigenvalue weighted by Gasteiger charge is -2.39. The van der Waals surface area contributed by atoms with Crippen molar-refractivity contribution in [1.29, 1.82) is 0 Å². The molecule has 0 radical (unpaired) electrons. The van der Waals surface area contributed by atoms with Crippen LogP contribution in [0.15, 0.2) is 66.0 Å². The standard InChI is InChI=1S/C29H31FN6O4S/c1-34-19-24(18-32-34)20-2-3-22-17-31-28(16-23(22)14-20)33-29(37)21-4-5-26(30)27(15-21)41(38,39)36-8-6-25(7-9-36)35-10-12-40-13-11-35/h2-5,14-19,25H,6-13H2,1H3,(H,31,33,37). The Morgan fingerprint density at radius 3 is 2.49 bits per heavy atom. The molecule has 6 rings (SSSR count). The highest BCUT2D eigenvalue weighted by atomic mass is 32.2. The lowest BCUT2D eigenvalue weighted by molar-refractivity contribution is 0.00609. The minimum absolute atomic E-state index is 0.0270. The molecule has 0 aliphatic carbocycles. The van der Waals surface area contributed by atoms with E-state index in [1.807, 2.05) is 31.4 Å². The van der Waals surface area contributed by atoms with Gasteiger partial charge < -0.3 is 10.1 Å². The summed E-state index contributed by atoms with van der Waals surface area (Å²) >= 11 is 0. The van der Waals surface area contributed by atoms with E-state index in [1.165, 1.54) is 10.4 Å². The SMILES string of the molecule is Cn1cc(-c2ccc3cnc(NC(=O)c4ccc(F)c(S(=O)(=O)N5CCC(N6CCOCC6)CC5)c4)cc3c2)cn1. The van der Waals surface area contributed by atoms with Crippen LogP contribution >= 0.6 is 0 Å². The number of piperidine rings is 1. The Bertz CT molecular complexity index is 1690. The summed E-state index contributed by atoms with van der Waals surface area (Å²) in [7, 11) is -2.27. The van der Waals surface area contributed by atoms with Crippen LogP contribution in [0.5, 0.6) is 0 Å². The second-order valence-corrected chi connectivity index (χ2v) is 12.3. The van der Waals surface area contributed by atoms with Crippen molar-refractivity contribution in [3.63, 3.8) is 0 Å². The number of benzene rings is 2. The summed E-state index contributed by atoms with van der Waals surface area (Å²) < 4.78 is 50.2. The summed E-state index contributed by atoms with van der Waals surface area (Å²) in [5, 5.41) is 8.69. The van der Waals surface area contributed by atoms with Crippen molar-refractivity contribution in [2.45, 2.75) is 23.8 Å². The molecule has 0 unspecified atom stereocenters. The number of ether oxygens (including phenoxy) is 1. The highest BCUT2D eigenvalue weighted by molar-refractivity contribution is 7.89. The van der Waals surface area contributed by atoms with Crippen LogP contribution in [0.1, 0.15) is 23.2 Å². The van der Waals surface area contributed by atoms with Gasteiger partial charge in [0.2, 0.25) is 10.0 Å². The number of hydrogen-bond acceptors (Lipinski definition) is 7. The predicted molar refractivity (Wildman–Crippen MR) is 152 cm³/mol. The number of rotatable bonds is 6. The van der Waals surface area contributed by atoms with E-state index >= 15 is 0 Å². The van der Waals surface area contributed by atoms with Crippen molar-refractivity contribution in [1.82, 2.24) is 24.0 Å². The third-order valence-corrected chi connectivity index (χ3v) is 9.71. The average molecular weight is 579 g/mol. The van der Waals surface area contributed by atoms with Crippen LogP contribution < -0.4 is 5.32 Å². The first-order chi connectivity index (χ1) is 19.8. The Morgan fingerprint density at radius 1 is 0.976 bits per heavy atom. The number of morpholine rings is 1. The van der Waals surface area contributed by atoms with Gasteiger partial charge in [0.05, 0.1) is 19.4 Å². The molecule has 2 saturated heterocycles. The molecule has 0 atom stereocenters. The van der Waals surface area contributed by atoms with Crippen LogP contribution in [-0.4, -0.2) is 83.7 Å². The van der Waals surface area contributed by atoms with Crippen molar-refractivity contribution in [2.24, 2.45) is 7.05 Å². The van der Waals surface area contributed by atoms with Gasteiger partial charge in [0.1, 0.15) is 16.5 Å². The van der Waals surface area contributed by atoms with E-state index in [-0.39, 0.29) is 11.6 Å². The zero-order valence-corrected chi connectivity index (χ0v) is 23.5. The first-order valence-corrected chi connectivity index (χ1v) is 15.0. The molecule has 0 saturated carbocycles. The van der Waals surface area contributed by atoms with E-state index < -0.39 is 26.6 Å². The number of carbonyl (C=O) groups is 1. The fourth-order valence-corrected chi connectivity index (χ4v) is 7.08. The molecule has 0 spiro atoms. The molecular formula is C29H31FN6O4S. The molecule has 2 fully saturated rings. The smallest absolute Gasteiger partial charge is 0.256 e. The number of sulfonamides is 1. The van der Waals surface area contributed by atoms with Crippen molar-refractivity contribution in [3.05, 3.63) is 72.4 Å². The molecule has 0 bridgehead atoms. The number of nitrogens with one attached hydrogen (secondary N) is 1. The third kappa shape index (κ3) is 5.73. The first-order valence-electron chi connectivity index (χ1n) is 13.6. The molecular weight excluding hydrogens is 547 g/mol. The molecule has 12 heteroatoms. The largest absolute Gasteiger partial charge is 0.379 e. The molecule has 214 valence electrons. The molecule has 10 nitrogen and oxygen atoms in total. The number of pyridine rings is 1. The number of halogens is 1. The molecule has 4 aromatic rings. The Hall–Kier alpha value is -3.71. The molecule has 1 N–H and O–H groups in total. The summed E-state index contributed by atoms with van der Waals surface area (Å²) in [5.74, 6) is -1.17. The van der Waals surface area contributed by atoms with Gasteiger partial charge in [-0.3, -0.25) is 14.4 Å². The van der Waals surface area contributed by atoms with Crippen LogP contribution in [0.4, 0.5) is 10.2 Å². The van der Waals surface area contributed by atoms with E-state index in [9.17, 15) is 17.6 Å². The second-order valence-electron chi connectivity index (χ2n) is 10.4. The number of amides is 1. The third-order valence-electron chi connectivity index (χ3n) is 7.80. The van der Waals surface area contributed by atoms with Gasteiger partial charge in [-0.2, -0.15) is 9.40 Å². The van der Waals surface area contributed by atoms with E-state index in [0.717, 1.165) is 47.1 Å².